The summed E-state index contributed by atoms with van der Waals surface area (Å²) in [4.78, 5) is 3.28. The first-order valence-corrected chi connectivity index (χ1v) is 4.69. The van der Waals surface area contributed by atoms with E-state index in [1.807, 2.05) is 0 Å². The minimum absolute atomic E-state index is 1.23. The number of benzene rings is 1. The molecule has 1 aromatic heterocycles. The van der Waals surface area contributed by atoms with Gasteiger partial charge in [-0.25, -0.2) is 0 Å². The molecule has 1 fully saturated rings. The number of hydrogen-bond acceptors (Lipinski definition) is 0. The Labute approximate surface area is 77.1 Å². The molecular weight excluding hydrogens is 158 g/mol. The predicted octanol–water partition coefficient (Wildman–Crippen LogP) is 3.35. The van der Waals surface area contributed by atoms with Crippen molar-refractivity contribution in [2.24, 2.45) is 0 Å². The minimum atomic E-state index is 1.23. The van der Waals surface area contributed by atoms with Crippen molar-refractivity contribution in [3.8, 4) is 0 Å². The molecule has 1 aliphatic rings. The highest BCUT2D eigenvalue weighted by atomic mass is 14.7. The summed E-state index contributed by atoms with van der Waals surface area (Å²) in [5.74, 6) is 0. The van der Waals surface area contributed by atoms with E-state index in [0.29, 0.717) is 0 Å². The maximum absolute atomic E-state index is 3.28. The highest BCUT2D eigenvalue weighted by Gasteiger charge is 2.11. The monoisotopic (exact) mass is 169 g/mol. The molecule has 0 saturated heterocycles. The van der Waals surface area contributed by atoms with E-state index in [0.717, 1.165) is 0 Å². The Balaban J connectivity index is 2.23. The SMILES string of the molecule is C(=C1CC1)c1c[nH]c2ccccc12. The number of aromatic nitrogens is 1. The van der Waals surface area contributed by atoms with Crippen molar-refractivity contribution in [1.82, 2.24) is 4.98 Å². The molecule has 0 atom stereocenters. The van der Waals surface area contributed by atoms with Gasteiger partial charge < -0.3 is 4.98 Å². The lowest BCUT2D eigenvalue weighted by Crippen LogP contribution is -1.66. The number of H-pyrrole nitrogens is 1. The Bertz CT molecular complexity index is 471. The first kappa shape index (κ1) is 6.96. The smallest absolute Gasteiger partial charge is 0.0460 e. The molecule has 0 bridgehead atoms. The number of hydrogen-bond donors (Lipinski definition) is 1. The summed E-state index contributed by atoms with van der Waals surface area (Å²) in [6.07, 6.45) is 6.98. The van der Waals surface area contributed by atoms with Gasteiger partial charge in [-0.1, -0.05) is 29.8 Å². The molecule has 3 rings (SSSR count). The maximum atomic E-state index is 3.28. The van der Waals surface area contributed by atoms with Crippen LogP contribution in [0.3, 0.4) is 0 Å². The fraction of sp³-hybridized carbons (Fsp3) is 0.167. The van der Waals surface area contributed by atoms with Gasteiger partial charge in [0.1, 0.15) is 0 Å². The fourth-order valence-corrected chi connectivity index (χ4v) is 1.65. The van der Waals surface area contributed by atoms with Gasteiger partial charge in [0.2, 0.25) is 0 Å². The van der Waals surface area contributed by atoms with Crippen LogP contribution >= 0.6 is 0 Å². The van der Waals surface area contributed by atoms with Crippen LogP contribution in [0, 0.1) is 0 Å². The number of allylic oxidation sites excluding steroid dienone is 1. The molecule has 1 aromatic carbocycles. The first-order chi connectivity index (χ1) is 6.43. The van der Waals surface area contributed by atoms with Crippen molar-refractivity contribution >= 4 is 17.0 Å². The van der Waals surface area contributed by atoms with Gasteiger partial charge in [0.15, 0.2) is 0 Å². The zero-order chi connectivity index (χ0) is 8.67. The summed E-state index contributed by atoms with van der Waals surface area (Å²) in [5, 5.41) is 1.34. The summed E-state index contributed by atoms with van der Waals surface area (Å²) in [5.41, 5.74) is 4.14. The maximum Gasteiger partial charge on any atom is 0.0460 e. The van der Waals surface area contributed by atoms with Crippen LogP contribution in [0.1, 0.15) is 18.4 Å². The topological polar surface area (TPSA) is 15.8 Å². The van der Waals surface area contributed by atoms with E-state index in [-0.39, 0.29) is 0 Å². The third-order valence-electron chi connectivity index (χ3n) is 2.52. The Hall–Kier alpha value is -1.50. The molecule has 0 spiro atoms. The van der Waals surface area contributed by atoms with Gasteiger partial charge in [0.05, 0.1) is 0 Å². The summed E-state index contributed by atoms with van der Waals surface area (Å²) < 4.78 is 0. The van der Waals surface area contributed by atoms with Gasteiger partial charge in [0, 0.05) is 17.1 Å². The van der Waals surface area contributed by atoms with Gasteiger partial charge in [-0.15, -0.1) is 0 Å². The lowest BCUT2D eigenvalue weighted by Gasteiger charge is -1.89. The van der Waals surface area contributed by atoms with Crippen molar-refractivity contribution in [2.45, 2.75) is 12.8 Å². The number of rotatable bonds is 1. The van der Waals surface area contributed by atoms with E-state index in [1.54, 1.807) is 5.57 Å². The average molecular weight is 169 g/mol. The van der Waals surface area contributed by atoms with Crippen LogP contribution in [-0.2, 0) is 0 Å². The van der Waals surface area contributed by atoms with Gasteiger partial charge in [-0.2, -0.15) is 0 Å². The second-order valence-electron chi connectivity index (χ2n) is 3.59. The number of aromatic amines is 1. The Kier molecular flexibility index (Phi) is 1.33. The second kappa shape index (κ2) is 2.49. The van der Waals surface area contributed by atoms with Crippen LogP contribution in [-0.4, -0.2) is 4.98 Å². The summed E-state index contributed by atoms with van der Waals surface area (Å²) in [6.45, 7) is 0. The molecule has 1 nitrogen and oxygen atoms in total. The number of para-hydroxylation sites is 1. The van der Waals surface area contributed by atoms with Crippen LogP contribution < -0.4 is 0 Å². The standard InChI is InChI=1S/C12H11N/c1-2-4-12-11(3-1)10(8-13-12)7-9-5-6-9/h1-4,7-8,13H,5-6H2. The Morgan fingerprint density at radius 3 is 2.85 bits per heavy atom. The van der Waals surface area contributed by atoms with Gasteiger partial charge >= 0.3 is 0 Å². The third-order valence-corrected chi connectivity index (χ3v) is 2.52. The van der Waals surface area contributed by atoms with Gasteiger partial charge in [-0.3, -0.25) is 0 Å². The fourth-order valence-electron chi connectivity index (χ4n) is 1.65. The number of nitrogens with one attached hydrogen (secondary N) is 1. The van der Waals surface area contributed by atoms with E-state index in [1.165, 1.54) is 29.3 Å². The van der Waals surface area contributed by atoms with E-state index in [2.05, 4.69) is 41.5 Å². The molecule has 2 aromatic rings. The molecule has 0 amide bonds. The molecule has 13 heavy (non-hydrogen) atoms. The zero-order valence-electron chi connectivity index (χ0n) is 7.38. The molecule has 1 heterocycles. The Morgan fingerprint density at radius 1 is 1.15 bits per heavy atom. The molecule has 0 unspecified atom stereocenters. The third kappa shape index (κ3) is 1.17. The molecule has 1 saturated carbocycles. The van der Waals surface area contributed by atoms with E-state index < -0.39 is 0 Å². The number of fused-ring (bicyclic) bond motifs is 1. The molecule has 1 heteroatoms. The first-order valence-electron chi connectivity index (χ1n) is 4.69. The normalized spacial score (nSPS) is 14.9. The predicted molar refractivity (Wildman–Crippen MR) is 55.5 cm³/mol. The van der Waals surface area contributed by atoms with E-state index in [4.69, 9.17) is 0 Å². The van der Waals surface area contributed by atoms with Crippen molar-refractivity contribution in [1.29, 1.82) is 0 Å². The van der Waals surface area contributed by atoms with E-state index >= 15 is 0 Å². The van der Waals surface area contributed by atoms with Crippen molar-refractivity contribution in [3.05, 3.63) is 41.6 Å². The molecule has 0 radical (unpaired) electrons. The molecule has 1 aliphatic carbocycles. The highest BCUT2D eigenvalue weighted by molar-refractivity contribution is 5.89. The lowest BCUT2D eigenvalue weighted by molar-refractivity contribution is 1.47. The summed E-state index contributed by atoms with van der Waals surface area (Å²) in [6, 6.07) is 8.43. The summed E-state index contributed by atoms with van der Waals surface area (Å²) in [7, 11) is 0. The second-order valence-corrected chi connectivity index (χ2v) is 3.59. The van der Waals surface area contributed by atoms with Crippen molar-refractivity contribution in [3.63, 3.8) is 0 Å². The van der Waals surface area contributed by atoms with Crippen molar-refractivity contribution < 1.29 is 0 Å². The van der Waals surface area contributed by atoms with Crippen LogP contribution in [0.25, 0.3) is 17.0 Å². The average Bonchev–Trinajstić information content (AvgIpc) is 2.88. The highest BCUT2D eigenvalue weighted by Crippen LogP contribution is 2.31. The molecule has 64 valence electrons. The summed E-state index contributed by atoms with van der Waals surface area (Å²) >= 11 is 0. The van der Waals surface area contributed by atoms with Gasteiger partial charge in [-0.05, 0) is 24.5 Å². The van der Waals surface area contributed by atoms with Crippen LogP contribution in [0.4, 0.5) is 0 Å². The Morgan fingerprint density at radius 2 is 2.00 bits per heavy atom. The molecule has 0 aliphatic heterocycles. The molecular formula is C12H11N. The van der Waals surface area contributed by atoms with E-state index in [9.17, 15) is 0 Å². The largest absolute Gasteiger partial charge is 0.361 e. The quantitative estimate of drug-likeness (QED) is 0.673. The van der Waals surface area contributed by atoms with Crippen LogP contribution in [0.5, 0.6) is 0 Å². The van der Waals surface area contributed by atoms with Crippen molar-refractivity contribution in [2.75, 3.05) is 0 Å². The minimum Gasteiger partial charge on any atom is -0.361 e. The van der Waals surface area contributed by atoms with Gasteiger partial charge in [0.25, 0.3) is 0 Å². The zero-order valence-corrected chi connectivity index (χ0v) is 7.38. The van der Waals surface area contributed by atoms with Crippen LogP contribution in [0.15, 0.2) is 36.0 Å². The lowest BCUT2D eigenvalue weighted by atomic mass is 10.1. The van der Waals surface area contributed by atoms with Crippen LogP contribution in [0.2, 0.25) is 0 Å². The molecule has 1 N–H and O–H groups in total.